The summed E-state index contributed by atoms with van der Waals surface area (Å²) in [5.74, 6) is 0.734. The zero-order valence-electron chi connectivity index (χ0n) is 7.82. The van der Waals surface area contributed by atoms with Gasteiger partial charge in [-0.3, -0.25) is 0 Å². The molecule has 74 valence electrons. The number of aliphatic hydroxyl groups is 1. The lowest BCUT2D eigenvalue weighted by molar-refractivity contribution is 0.0427. The maximum Gasteiger partial charge on any atom is 0.135 e. The van der Waals surface area contributed by atoms with Crippen LogP contribution < -0.4 is 4.74 Å². The third-order valence-corrected chi connectivity index (χ3v) is 2.66. The van der Waals surface area contributed by atoms with E-state index in [9.17, 15) is 5.11 Å². The molecular formula is C9H14O3S. The second kappa shape index (κ2) is 5.21. The van der Waals surface area contributed by atoms with Gasteiger partial charge in [0, 0.05) is 6.61 Å². The highest BCUT2D eigenvalue weighted by Gasteiger charge is 2.14. The third-order valence-electron chi connectivity index (χ3n) is 1.66. The van der Waals surface area contributed by atoms with E-state index in [-0.39, 0.29) is 0 Å². The van der Waals surface area contributed by atoms with Gasteiger partial charge in [0.2, 0.25) is 0 Å². The van der Waals surface area contributed by atoms with E-state index in [1.54, 1.807) is 7.11 Å². The minimum Gasteiger partial charge on any atom is -0.495 e. The lowest BCUT2D eigenvalue weighted by Crippen LogP contribution is -2.06. The van der Waals surface area contributed by atoms with Crippen LogP contribution in [0.15, 0.2) is 11.4 Å². The average Bonchev–Trinajstić information content (AvgIpc) is 2.61. The number of ether oxygens (including phenoxy) is 2. The SMILES string of the molecule is CCOCC(O)c1sccc1OC. The molecule has 0 aliphatic heterocycles. The van der Waals surface area contributed by atoms with Gasteiger partial charge in [0.25, 0.3) is 0 Å². The molecule has 3 nitrogen and oxygen atoms in total. The van der Waals surface area contributed by atoms with Crippen LogP contribution >= 0.6 is 11.3 Å². The minimum atomic E-state index is -0.574. The molecule has 0 radical (unpaired) electrons. The molecule has 0 saturated heterocycles. The van der Waals surface area contributed by atoms with Gasteiger partial charge in [-0.25, -0.2) is 0 Å². The van der Waals surface area contributed by atoms with Crippen molar-refractivity contribution in [1.82, 2.24) is 0 Å². The summed E-state index contributed by atoms with van der Waals surface area (Å²) in [7, 11) is 1.60. The molecule has 13 heavy (non-hydrogen) atoms. The van der Waals surface area contributed by atoms with Crippen molar-refractivity contribution in [3.05, 3.63) is 16.3 Å². The monoisotopic (exact) mass is 202 g/mol. The molecule has 1 aromatic heterocycles. The van der Waals surface area contributed by atoms with Crippen molar-refractivity contribution in [2.24, 2.45) is 0 Å². The van der Waals surface area contributed by atoms with Crippen LogP contribution in [0.4, 0.5) is 0 Å². The Morgan fingerprint density at radius 1 is 1.62 bits per heavy atom. The first-order chi connectivity index (χ1) is 6.29. The molecule has 1 unspecified atom stereocenters. The highest BCUT2D eigenvalue weighted by atomic mass is 32.1. The van der Waals surface area contributed by atoms with Gasteiger partial charge in [-0.15, -0.1) is 11.3 Å². The van der Waals surface area contributed by atoms with Crippen molar-refractivity contribution < 1.29 is 14.6 Å². The summed E-state index contributed by atoms with van der Waals surface area (Å²) in [5, 5.41) is 11.6. The second-order valence-electron chi connectivity index (χ2n) is 2.53. The van der Waals surface area contributed by atoms with Crippen LogP contribution in [0, 0.1) is 0 Å². The molecule has 0 saturated carbocycles. The predicted molar refractivity (Wildman–Crippen MR) is 52.3 cm³/mol. The number of thiophene rings is 1. The number of methoxy groups -OCH3 is 1. The van der Waals surface area contributed by atoms with Crippen LogP contribution in [0.25, 0.3) is 0 Å². The summed E-state index contributed by atoms with van der Waals surface area (Å²) in [4.78, 5) is 0.830. The summed E-state index contributed by atoms with van der Waals surface area (Å²) >= 11 is 1.48. The molecule has 0 spiro atoms. The molecular weight excluding hydrogens is 188 g/mol. The summed E-state index contributed by atoms with van der Waals surface area (Å²) in [6.45, 7) is 2.84. The number of rotatable bonds is 5. The third kappa shape index (κ3) is 2.69. The number of aliphatic hydroxyl groups excluding tert-OH is 1. The van der Waals surface area contributed by atoms with Crippen LogP contribution in [-0.2, 0) is 4.74 Å². The highest BCUT2D eigenvalue weighted by Crippen LogP contribution is 2.30. The highest BCUT2D eigenvalue weighted by molar-refractivity contribution is 7.10. The standard InChI is InChI=1S/C9H14O3S/c1-3-12-6-7(10)9-8(11-2)4-5-13-9/h4-5,7,10H,3,6H2,1-2H3. The quantitative estimate of drug-likeness (QED) is 0.791. The van der Waals surface area contributed by atoms with Gasteiger partial charge in [-0.2, -0.15) is 0 Å². The Balaban J connectivity index is 2.59. The van der Waals surface area contributed by atoms with Crippen LogP contribution in [0.1, 0.15) is 17.9 Å². The van der Waals surface area contributed by atoms with Crippen LogP contribution in [0.3, 0.4) is 0 Å². The lowest BCUT2D eigenvalue weighted by atomic mass is 10.3. The minimum absolute atomic E-state index is 0.327. The molecule has 0 aliphatic carbocycles. The first kappa shape index (κ1) is 10.5. The largest absolute Gasteiger partial charge is 0.495 e. The van der Waals surface area contributed by atoms with Gasteiger partial charge in [-0.1, -0.05) is 0 Å². The molecule has 1 heterocycles. The van der Waals surface area contributed by atoms with E-state index in [1.165, 1.54) is 11.3 Å². The van der Waals surface area contributed by atoms with Gasteiger partial charge in [-0.05, 0) is 18.4 Å². The Labute approximate surface area is 81.9 Å². The summed E-state index contributed by atoms with van der Waals surface area (Å²) in [6, 6.07) is 1.84. The molecule has 1 rings (SSSR count). The van der Waals surface area contributed by atoms with E-state index in [2.05, 4.69) is 0 Å². The van der Waals surface area contributed by atoms with E-state index < -0.39 is 6.10 Å². The van der Waals surface area contributed by atoms with E-state index in [0.29, 0.717) is 13.2 Å². The first-order valence-corrected chi connectivity index (χ1v) is 5.04. The fraction of sp³-hybridized carbons (Fsp3) is 0.556. The Morgan fingerprint density at radius 3 is 3.00 bits per heavy atom. The zero-order chi connectivity index (χ0) is 9.68. The second-order valence-corrected chi connectivity index (χ2v) is 3.48. The van der Waals surface area contributed by atoms with Gasteiger partial charge < -0.3 is 14.6 Å². The molecule has 0 amide bonds. The van der Waals surface area contributed by atoms with Gasteiger partial charge in [0.1, 0.15) is 11.9 Å². The molecule has 1 atom stereocenters. The van der Waals surface area contributed by atoms with Gasteiger partial charge in [0.05, 0.1) is 18.6 Å². The van der Waals surface area contributed by atoms with Crippen molar-refractivity contribution in [2.45, 2.75) is 13.0 Å². The van der Waals surface area contributed by atoms with Crippen molar-refractivity contribution in [1.29, 1.82) is 0 Å². The zero-order valence-corrected chi connectivity index (χ0v) is 8.63. The Bertz CT molecular complexity index is 247. The fourth-order valence-corrected chi connectivity index (χ4v) is 1.86. The molecule has 0 aromatic carbocycles. The molecule has 0 bridgehead atoms. The van der Waals surface area contributed by atoms with Gasteiger partial charge in [0.15, 0.2) is 0 Å². The van der Waals surface area contributed by atoms with Crippen LogP contribution in [0.2, 0.25) is 0 Å². The first-order valence-electron chi connectivity index (χ1n) is 4.16. The molecule has 4 heteroatoms. The number of hydrogen-bond acceptors (Lipinski definition) is 4. The topological polar surface area (TPSA) is 38.7 Å². The van der Waals surface area contributed by atoms with E-state index in [1.807, 2.05) is 18.4 Å². The van der Waals surface area contributed by atoms with Crippen molar-refractivity contribution in [3.8, 4) is 5.75 Å². The fourth-order valence-electron chi connectivity index (χ4n) is 1.03. The predicted octanol–water partition coefficient (Wildman–Crippen LogP) is 1.83. The van der Waals surface area contributed by atoms with Gasteiger partial charge >= 0.3 is 0 Å². The maximum absolute atomic E-state index is 9.66. The van der Waals surface area contributed by atoms with Crippen molar-refractivity contribution in [2.75, 3.05) is 20.3 Å². The lowest BCUT2D eigenvalue weighted by Gasteiger charge is -2.10. The smallest absolute Gasteiger partial charge is 0.135 e. The Hall–Kier alpha value is -0.580. The van der Waals surface area contributed by atoms with E-state index in [4.69, 9.17) is 9.47 Å². The summed E-state index contributed by atoms with van der Waals surface area (Å²) in [5.41, 5.74) is 0. The molecule has 1 N–H and O–H groups in total. The van der Waals surface area contributed by atoms with E-state index >= 15 is 0 Å². The number of hydrogen-bond donors (Lipinski definition) is 1. The molecule has 0 fully saturated rings. The molecule has 1 aromatic rings. The Kier molecular flexibility index (Phi) is 4.21. The maximum atomic E-state index is 9.66. The van der Waals surface area contributed by atoms with Crippen molar-refractivity contribution >= 4 is 11.3 Å². The Morgan fingerprint density at radius 2 is 2.38 bits per heavy atom. The van der Waals surface area contributed by atoms with E-state index in [0.717, 1.165) is 10.6 Å². The molecule has 0 aliphatic rings. The summed E-state index contributed by atoms with van der Waals surface area (Å²) < 4.78 is 10.2. The van der Waals surface area contributed by atoms with Crippen LogP contribution in [-0.4, -0.2) is 25.4 Å². The van der Waals surface area contributed by atoms with Crippen LogP contribution in [0.5, 0.6) is 5.75 Å². The summed E-state index contributed by atoms with van der Waals surface area (Å²) in [6.07, 6.45) is -0.574. The van der Waals surface area contributed by atoms with Crippen molar-refractivity contribution in [3.63, 3.8) is 0 Å². The normalized spacial score (nSPS) is 12.8. The average molecular weight is 202 g/mol.